The predicted molar refractivity (Wildman–Crippen MR) is 199 cm³/mol. The van der Waals surface area contributed by atoms with E-state index in [9.17, 15) is 4.39 Å². The van der Waals surface area contributed by atoms with Gasteiger partial charge in [0.25, 0.3) is 0 Å². The molecule has 0 amide bonds. The van der Waals surface area contributed by atoms with Gasteiger partial charge < -0.3 is 9.97 Å². The maximum atomic E-state index is 14.5. The Kier molecular flexibility index (Phi) is 9.62. The summed E-state index contributed by atoms with van der Waals surface area (Å²) >= 11 is 1.74. The largest absolute Gasteiger partial charge is 0.305 e. The number of fused-ring (bicyclic) bond motifs is 3. The Morgan fingerprint density at radius 1 is 0.957 bits per heavy atom. The van der Waals surface area contributed by atoms with Gasteiger partial charge in [-0.2, -0.15) is 11.3 Å². The molecular formula is C41H45FIrN2SSi-2. The van der Waals surface area contributed by atoms with Crippen molar-refractivity contribution in [1.82, 2.24) is 9.97 Å². The summed E-state index contributed by atoms with van der Waals surface area (Å²) in [6.07, 6.45) is 3.03. The number of rotatable bonds is 6. The van der Waals surface area contributed by atoms with E-state index in [0.29, 0.717) is 17.2 Å². The smallest absolute Gasteiger partial charge is 0.0798 e. The topological polar surface area (TPSA) is 25.8 Å². The molecule has 0 saturated carbocycles. The van der Waals surface area contributed by atoms with Crippen molar-refractivity contribution < 1.29 is 31.3 Å². The predicted octanol–water partition coefficient (Wildman–Crippen LogP) is 11.2. The molecular weight excluding hydrogens is 792 g/mol. The molecule has 3 aromatic carbocycles. The molecule has 6 aromatic rings. The number of hydrogen-bond acceptors (Lipinski definition) is 3. The standard InChI is InChI=1S/C22H20NS.C19H25FNSi.Ir/c1-22(2,3)14-15-11-12-23-19(13-15)18-9-6-8-17-16-7-4-5-10-20(16)24-21(17)18;1-13(2)9-15-11-18(21-12-19(15)22(4,5)6)16-8-7-14(3)10-17(16)20;/h4-8,10-13H,14H2,1-3H3;7,10-13H,9H2,1-6H3;/q2*-1;/i14D2;3D3;. The monoisotopic (exact) mass is 842 g/mol. The second-order valence-electron chi connectivity index (χ2n) is 14.2. The van der Waals surface area contributed by atoms with Crippen LogP contribution in [-0.2, 0) is 32.9 Å². The number of halogens is 1. The summed E-state index contributed by atoms with van der Waals surface area (Å²) in [4.78, 5) is 8.99. The van der Waals surface area contributed by atoms with Gasteiger partial charge in [0.1, 0.15) is 0 Å². The quantitative estimate of drug-likeness (QED) is 0.123. The molecule has 0 bridgehead atoms. The maximum Gasteiger partial charge on any atom is 0.0798 e. The number of nitrogens with zero attached hydrogens (tertiary/aromatic N) is 2. The molecule has 0 aliphatic rings. The Morgan fingerprint density at radius 3 is 2.38 bits per heavy atom. The zero-order valence-electron chi connectivity index (χ0n) is 33.3. The van der Waals surface area contributed by atoms with Gasteiger partial charge in [-0.3, -0.25) is 4.39 Å². The Hall–Kier alpha value is -3.02. The molecule has 0 N–H and O–H groups in total. The van der Waals surface area contributed by atoms with Crippen LogP contribution in [0, 0.1) is 36.1 Å². The third-order valence-electron chi connectivity index (χ3n) is 7.45. The van der Waals surface area contributed by atoms with Crippen molar-refractivity contribution >= 4 is 44.8 Å². The summed E-state index contributed by atoms with van der Waals surface area (Å²) in [6.45, 7) is 14.6. The second kappa shape index (κ2) is 15.0. The van der Waals surface area contributed by atoms with Crippen molar-refractivity contribution in [3.8, 4) is 22.5 Å². The van der Waals surface area contributed by atoms with Gasteiger partial charge in [-0.15, -0.1) is 47.5 Å². The first-order valence-electron chi connectivity index (χ1n) is 18.2. The normalized spacial score (nSPS) is 14.0. The SMILES string of the molecule is [2H]C([2H])([2H])c1c[c-]c(-c2cc(CC(C)C)c([Si](C)(C)C)cn2)c(F)c1.[2H]C([2H])(c1ccnc(-c2[c-]ccc3c2sc2ccccc23)c1)C(C)(C)C.[Ir]. The molecule has 6 heteroatoms. The van der Waals surface area contributed by atoms with Crippen LogP contribution in [0.3, 0.4) is 0 Å². The van der Waals surface area contributed by atoms with E-state index >= 15 is 0 Å². The number of pyridine rings is 2. The van der Waals surface area contributed by atoms with Gasteiger partial charge >= 0.3 is 0 Å². The molecule has 3 aromatic heterocycles. The number of thiophene rings is 1. The van der Waals surface area contributed by atoms with Crippen LogP contribution in [0.1, 0.15) is 58.2 Å². The second-order valence-corrected chi connectivity index (χ2v) is 20.3. The zero-order valence-corrected chi connectivity index (χ0v) is 32.5. The van der Waals surface area contributed by atoms with Crippen LogP contribution in [0.15, 0.2) is 79.1 Å². The van der Waals surface area contributed by atoms with Crippen LogP contribution in [-0.4, -0.2) is 18.0 Å². The fourth-order valence-electron chi connectivity index (χ4n) is 5.54. The first-order chi connectivity index (χ1) is 23.7. The van der Waals surface area contributed by atoms with Crippen LogP contribution in [0.5, 0.6) is 0 Å². The summed E-state index contributed by atoms with van der Waals surface area (Å²) in [6, 6.07) is 26.5. The van der Waals surface area contributed by atoms with Gasteiger partial charge in [0.15, 0.2) is 0 Å². The van der Waals surface area contributed by atoms with E-state index in [1.54, 1.807) is 23.6 Å². The van der Waals surface area contributed by atoms with Crippen LogP contribution < -0.4 is 5.19 Å². The molecule has 0 atom stereocenters. The molecule has 0 spiro atoms. The van der Waals surface area contributed by atoms with E-state index in [-0.39, 0.29) is 31.2 Å². The molecule has 0 aliphatic carbocycles. The van der Waals surface area contributed by atoms with Gasteiger partial charge in [-0.05, 0) is 62.9 Å². The molecule has 1 radical (unpaired) electrons. The van der Waals surface area contributed by atoms with Crippen LogP contribution in [0.25, 0.3) is 42.7 Å². The van der Waals surface area contributed by atoms with E-state index in [2.05, 4.69) is 85.9 Å². The third kappa shape index (κ3) is 9.11. The van der Waals surface area contributed by atoms with Crippen LogP contribution in [0.2, 0.25) is 19.6 Å². The summed E-state index contributed by atoms with van der Waals surface area (Å²) in [5.41, 5.74) is 3.75. The Bertz CT molecular complexity index is 2190. The van der Waals surface area contributed by atoms with E-state index in [1.165, 1.54) is 32.3 Å². The minimum Gasteiger partial charge on any atom is -0.305 e. The number of aromatic nitrogens is 2. The van der Waals surface area contributed by atoms with E-state index in [4.69, 9.17) is 6.85 Å². The summed E-state index contributed by atoms with van der Waals surface area (Å²) < 4.78 is 56.2. The van der Waals surface area contributed by atoms with Gasteiger partial charge in [0, 0.05) is 49.9 Å². The van der Waals surface area contributed by atoms with Gasteiger partial charge in [0.05, 0.1) is 8.07 Å². The fraction of sp³-hybridized carbons (Fsp3) is 0.317. The first-order valence-corrected chi connectivity index (χ1v) is 20.0. The van der Waals surface area contributed by atoms with Gasteiger partial charge in [-0.1, -0.05) is 114 Å². The van der Waals surface area contributed by atoms with E-state index in [0.717, 1.165) is 28.4 Å². The minimum absolute atomic E-state index is 0. The van der Waals surface area contributed by atoms with Crippen molar-refractivity contribution in [3.05, 3.63) is 114 Å². The number of benzene rings is 3. The van der Waals surface area contributed by atoms with Gasteiger partial charge in [0.2, 0.25) is 0 Å². The van der Waals surface area contributed by atoms with E-state index < -0.39 is 32.5 Å². The van der Waals surface area contributed by atoms with Crippen molar-refractivity contribution in [1.29, 1.82) is 0 Å². The minimum atomic E-state index is -2.34. The Labute approximate surface area is 306 Å². The number of hydrogen-bond donors (Lipinski definition) is 0. The molecule has 0 aliphatic heterocycles. The van der Waals surface area contributed by atoms with Gasteiger partial charge in [-0.25, -0.2) is 0 Å². The maximum absolute atomic E-state index is 14.5. The van der Waals surface area contributed by atoms with Crippen LogP contribution >= 0.6 is 11.3 Å². The first kappa shape index (κ1) is 30.1. The average molecular weight is 842 g/mol. The van der Waals surface area contributed by atoms with Crippen LogP contribution in [0.4, 0.5) is 4.39 Å². The molecule has 47 heavy (non-hydrogen) atoms. The molecule has 0 unspecified atom stereocenters. The molecule has 0 fully saturated rings. The van der Waals surface area contributed by atoms with Crippen molar-refractivity contribution in [3.63, 3.8) is 0 Å². The average Bonchev–Trinajstić information content (AvgIpc) is 3.42. The third-order valence-corrected chi connectivity index (χ3v) is 10.7. The van der Waals surface area contributed by atoms with Crippen molar-refractivity contribution in [2.24, 2.45) is 11.3 Å². The van der Waals surface area contributed by atoms with E-state index in [1.807, 2.05) is 45.2 Å². The molecule has 6 rings (SSSR count). The fourth-order valence-corrected chi connectivity index (χ4v) is 8.34. The van der Waals surface area contributed by atoms with Crippen molar-refractivity contribution in [2.75, 3.05) is 0 Å². The number of aryl methyl sites for hydroxylation is 1. The Morgan fingerprint density at radius 2 is 1.70 bits per heavy atom. The summed E-state index contributed by atoms with van der Waals surface area (Å²) in [5.74, 6) is -0.116. The Balaban J connectivity index is 0.000000229. The molecule has 0 saturated heterocycles. The zero-order chi connectivity index (χ0) is 37.5. The van der Waals surface area contributed by atoms with Crippen molar-refractivity contribution in [2.45, 2.75) is 73.9 Å². The molecule has 3 heterocycles. The summed E-state index contributed by atoms with van der Waals surface area (Å²) in [5, 5.41) is 3.72. The summed E-state index contributed by atoms with van der Waals surface area (Å²) in [7, 11) is -1.56. The molecule has 247 valence electrons. The molecule has 2 nitrogen and oxygen atoms in total.